The molecule has 5 heteroatoms. The van der Waals surface area contributed by atoms with Crippen LogP contribution in [0.2, 0.25) is 0 Å². The van der Waals surface area contributed by atoms with Crippen molar-refractivity contribution >= 4 is 21.2 Å². The van der Waals surface area contributed by atoms with Crippen LogP contribution < -0.4 is 0 Å². The Morgan fingerprint density at radius 2 is 2.00 bits per heavy atom. The zero-order valence-electron chi connectivity index (χ0n) is 8.85. The highest BCUT2D eigenvalue weighted by molar-refractivity contribution is 7.92. The van der Waals surface area contributed by atoms with Gasteiger partial charge in [0, 0.05) is 0 Å². The molecule has 0 aromatic carbocycles. The molecule has 0 spiro atoms. The Kier molecular flexibility index (Phi) is 3.31. The zero-order valence-corrected chi connectivity index (χ0v) is 10.5. The Bertz CT molecular complexity index is 504. The van der Waals surface area contributed by atoms with Gasteiger partial charge in [0.25, 0.3) is 0 Å². The molecule has 0 atom stereocenters. The molecule has 16 heavy (non-hydrogen) atoms. The molecule has 0 radical (unpaired) electrons. The lowest BCUT2D eigenvalue weighted by molar-refractivity contribution is 0.484. The Morgan fingerprint density at radius 1 is 1.31 bits per heavy atom. The lowest BCUT2D eigenvalue weighted by Gasteiger charge is -2.21. The van der Waals surface area contributed by atoms with Gasteiger partial charge in [-0.2, -0.15) is 5.26 Å². The predicted molar refractivity (Wildman–Crippen MR) is 63.1 cm³/mol. The molecule has 2 rings (SSSR count). The molecule has 0 amide bonds. The van der Waals surface area contributed by atoms with Gasteiger partial charge in [-0.15, -0.1) is 11.3 Å². The van der Waals surface area contributed by atoms with Crippen molar-refractivity contribution in [1.29, 1.82) is 5.26 Å². The molecule has 1 aromatic rings. The molecule has 0 N–H and O–H groups in total. The summed E-state index contributed by atoms with van der Waals surface area (Å²) in [6.45, 7) is 0. The first kappa shape index (κ1) is 11.6. The number of hydrogen-bond acceptors (Lipinski definition) is 4. The fourth-order valence-corrected chi connectivity index (χ4v) is 5.19. The third kappa shape index (κ3) is 2.00. The van der Waals surface area contributed by atoms with Crippen molar-refractivity contribution in [1.82, 2.24) is 0 Å². The number of nitrogens with zero attached hydrogens (tertiary/aromatic N) is 1. The summed E-state index contributed by atoms with van der Waals surface area (Å²) in [7, 11) is -3.27. The molecule has 0 aliphatic heterocycles. The highest BCUT2D eigenvalue weighted by atomic mass is 32.2. The Labute approximate surface area is 99.6 Å². The van der Waals surface area contributed by atoms with Crippen molar-refractivity contribution in [2.45, 2.75) is 42.2 Å². The highest BCUT2D eigenvalue weighted by Gasteiger charge is 2.31. The number of sulfone groups is 1. The van der Waals surface area contributed by atoms with Crippen LogP contribution in [-0.4, -0.2) is 13.7 Å². The van der Waals surface area contributed by atoms with Crippen molar-refractivity contribution in [3.8, 4) is 6.07 Å². The molecule has 1 aromatic heterocycles. The average Bonchev–Trinajstić information content (AvgIpc) is 2.79. The molecule has 86 valence electrons. The molecule has 1 aliphatic carbocycles. The van der Waals surface area contributed by atoms with E-state index in [1.165, 1.54) is 11.3 Å². The van der Waals surface area contributed by atoms with Crippen LogP contribution in [0, 0.1) is 11.3 Å². The Morgan fingerprint density at radius 3 is 2.62 bits per heavy atom. The summed E-state index contributed by atoms with van der Waals surface area (Å²) in [5.74, 6) is 0. The van der Waals surface area contributed by atoms with Gasteiger partial charge in [-0.1, -0.05) is 19.3 Å². The van der Waals surface area contributed by atoms with E-state index in [9.17, 15) is 8.42 Å². The van der Waals surface area contributed by atoms with Gasteiger partial charge in [0.05, 0.1) is 10.1 Å². The largest absolute Gasteiger partial charge is 0.223 e. The molecule has 0 saturated heterocycles. The minimum Gasteiger partial charge on any atom is -0.223 e. The van der Waals surface area contributed by atoms with E-state index in [1.807, 2.05) is 6.07 Å². The lowest BCUT2D eigenvalue weighted by atomic mass is 10.0. The summed E-state index contributed by atoms with van der Waals surface area (Å²) < 4.78 is 24.6. The van der Waals surface area contributed by atoms with Crippen molar-refractivity contribution in [3.05, 3.63) is 16.3 Å². The molecule has 3 nitrogen and oxygen atoms in total. The summed E-state index contributed by atoms with van der Waals surface area (Å²) in [6, 6.07) is 3.52. The normalized spacial score (nSPS) is 18.2. The molecule has 0 unspecified atom stereocenters. The van der Waals surface area contributed by atoms with Crippen LogP contribution in [0.5, 0.6) is 0 Å². The molecule has 1 fully saturated rings. The van der Waals surface area contributed by atoms with Crippen LogP contribution in [0.4, 0.5) is 0 Å². The van der Waals surface area contributed by atoms with E-state index in [2.05, 4.69) is 0 Å². The summed E-state index contributed by atoms with van der Waals surface area (Å²) in [6.07, 6.45) is 4.57. The summed E-state index contributed by atoms with van der Waals surface area (Å²) in [5, 5.41) is 10.3. The van der Waals surface area contributed by atoms with E-state index >= 15 is 0 Å². The second kappa shape index (κ2) is 4.56. The summed E-state index contributed by atoms with van der Waals surface area (Å²) in [4.78, 5) is 0.567. The van der Waals surface area contributed by atoms with E-state index in [4.69, 9.17) is 5.26 Å². The molecule has 1 heterocycles. The van der Waals surface area contributed by atoms with E-state index in [-0.39, 0.29) is 10.1 Å². The highest BCUT2D eigenvalue weighted by Crippen LogP contribution is 2.31. The quantitative estimate of drug-likeness (QED) is 0.816. The maximum Gasteiger partial charge on any atom is 0.183 e. The van der Waals surface area contributed by atoms with Gasteiger partial charge in [0.1, 0.15) is 10.9 Å². The maximum absolute atomic E-state index is 12.3. The van der Waals surface area contributed by atoms with Crippen LogP contribution in [0.1, 0.15) is 37.0 Å². The van der Waals surface area contributed by atoms with Gasteiger partial charge in [-0.3, -0.25) is 0 Å². The van der Waals surface area contributed by atoms with Gasteiger partial charge in [-0.05, 0) is 24.3 Å². The molecule has 1 aliphatic rings. The van der Waals surface area contributed by atoms with Crippen molar-refractivity contribution < 1.29 is 8.42 Å². The maximum atomic E-state index is 12.3. The number of nitriles is 1. The second-order valence-corrected chi connectivity index (χ2v) is 7.14. The number of rotatable bonds is 2. The van der Waals surface area contributed by atoms with E-state index in [0.29, 0.717) is 4.88 Å². The van der Waals surface area contributed by atoms with E-state index < -0.39 is 9.84 Å². The van der Waals surface area contributed by atoms with E-state index in [1.54, 1.807) is 11.4 Å². The second-order valence-electron chi connectivity index (χ2n) is 4.03. The first-order chi connectivity index (χ1) is 7.66. The minimum absolute atomic E-state index is 0.242. The topological polar surface area (TPSA) is 57.9 Å². The van der Waals surface area contributed by atoms with Gasteiger partial charge >= 0.3 is 0 Å². The Balaban J connectivity index is 2.35. The molecule has 1 saturated carbocycles. The van der Waals surface area contributed by atoms with Crippen LogP contribution in [0.25, 0.3) is 0 Å². The fourth-order valence-electron chi connectivity index (χ4n) is 2.16. The van der Waals surface area contributed by atoms with E-state index in [0.717, 1.165) is 32.1 Å². The third-order valence-electron chi connectivity index (χ3n) is 3.03. The minimum atomic E-state index is -3.27. The summed E-state index contributed by atoms with van der Waals surface area (Å²) >= 11 is 1.20. The van der Waals surface area contributed by atoms with Crippen molar-refractivity contribution in [3.63, 3.8) is 0 Å². The predicted octanol–water partition coefficient (Wildman–Crippen LogP) is 2.73. The van der Waals surface area contributed by atoms with Gasteiger partial charge in [-0.25, -0.2) is 8.42 Å². The van der Waals surface area contributed by atoms with Gasteiger partial charge in [0.2, 0.25) is 0 Å². The van der Waals surface area contributed by atoms with Crippen molar-refractivity contribution in [2.75, 3.05) is 0 Å². The number of thiophene rings is 1. The van der Waals surface area contributed by atoms with Crippen LogP contribution in [0.3, 0.4) is 0 Å². The SMILES string of the molecule is N#Cc1sccc1S(=O)(=O)C1CCCCC1. The molecule has 0 bridgehead atoms. The lowest BCUT2D eigenvalue weighted by Crippen LogP contribution is -2.24. The molecular weight excluding hydrogens is 242 g/mol. The standard InChI is InChI=1S/C11H13NO2S2/c12-8-10-11(6-7-15-10)16(13,14)9-4-2-1-3-5-9/h6-7,9H,1-5H2. The zero-order chi connectivity index (χ0) is 11.6. The average molecular weight is 255 g/mol. The molecular formula is C11H13NO2S2. The van der Waals surface area contributed by atoms with Gasteiger partial charge in [0.15, 0.2) is 9.84 Å². The third-order valence-corrected chi connectivity index (χ3v) is 6.28. The fraction of sp³-hybridized carbons (Fsp3) is 0.545. The first-order valence-electron chi connectivity index (χ1n) is 5.38. The van der Waals surface area contributed by atoms with Crippen molar-refractivity contribution in [2.24, 2.45) is 0 Å². The van der Waals surface area contributed by atoms with Gasteiger partial charge < -0.3 is 0 Å². The van der Waals surface area contributed by atoms with Crippen LogP contribution in [-0.2, 0) is 9.84 Å². The smallest absolute Gasteiger partial charge is 0.183 e. The van der Waals surface area contributed by atoms with Crippen LogP contribution in [0.15, 0.2) is 16.3 Å². The van der Waals surface area contributed by atoms with Crippen LogP contribution >= 0.6 is 11.3 Å². The monoisotopic (exact) mass is 255 g/mol. The Hall–Kier alpha value is -0.860. The first-order valence-corrected chi connectivity index (χ1v) is 7.80. The number of hydrogen-bond donors (Lipinski definition) is 0. The summed E-state index contributed by atoms with van der Waals surface area (Å²) in [5.41, 5.74) is 0.